The van der Waals surface area contributed by atoms with E-state index in [9.17, 15) is 0 Å². The number of rotatable bonds is 4. The number of aryl methyl sites for hydroxylation is 2. The molecule has 0 amide bonds. The molecule has 1 aromatic rings. The second-order valence-electron chi connectivity index (χ2n) is 5.68. The summed E-state index contributed by atoms with van der Waals surface area (Å²) in [5.74, 6) is 0.771. The predicted molar refractivity (Wildman–Crippen MR) is 79.2 cm³/mol. The van der Waals surface area contributed by atoms with Crippen molar-refractivity contribution in [3.63, 3.8) is 0 Å². The van der Waals surface area contributed by atoms with Crippen molar-refractivity contribution >= 4 is 11.6 Å². The van der Waals surface area contributed by atoms with Crippen LogP contribution in [0.2, 0.25) is 0 Å². The normalized spacial score (nSPS) is 24.2. The van der Waals surface area contributed by atoms with Gasteiger partial charge in [-0.3, -0.25) is 0 Å². The van der Waals surface area contributed by atoms with Gasteiger partial charge in [0.1, 0.15) is 0 Å². The van der Waals surface area contributed by atoms with Crippen LogP contribution in [0.5, 0.6) is 0 Å². The van der Waals surface area contributed by atoms with Crippen LogP contribution in [0.1, 0.15) is 42.4 Å². The van der Waals surface area contributed by atoms with Gasteiger partial charge in [0.25, 0.3) is 0 Å². The monoisotopic (exact) mass is 265 g/mol. The first kappa shape index (κ1) is 13.9. The molecular weight excluding hydrogens is 242 g/mol. The molecule has 1 N–H and O–H groups in total. The Morgan fingerprint density at radius 1 is 1.22 bits per heavy atom. The molecule has 2 unspecified atom stereocenters. The first-order chi connectivity index (χ1) is 8.65. The van der Waals surface area contributed by atoms with Gasteiger partial charge in [-0.25, -0.2) is 0 Å². The quantitative estimate of drug-likeness (QED) is 0.805. The second kappa shape index (κ2) is 6.58. The van der Waals surface area contributed by atoms with Gasteiger partial charge in [-0.2, -0.15) is 0 Å². The molecular formula is C16H24ClN. The van der Waals surface area contributed by atoms with E-state index in [0.717, 1.165) is 19.0 Å². The maximum absolute atomic E-state index is 6.22. The summed E-state index contributed by atoms with van der Waals surface area (Å²) in [5.41, 5.74) is 4.14. The molecule has 18 heavy (non-hydrogen) atoms. The van der Waals surface area contributed by atoms with E-state index in [-0.39, 0.29) is 0 Å². The Bertz CT molecular complexity index is 389. The molecule has 0 aliphatic heterocycles. The van der Waals surface area contributed by atoms with E-state index in [1.165, 1.54) is 42.4 Å². The molecule has 1 saturated carbocycles. The maximum Gasteiger partial charge on any atom is 0.0339 e. The first-order valence-corrected chi connectivity index (χ1v) is 7.49. The molecule has 0 saturated heterocycles. The van der Waals surface area contributed by atoms with E-state index >= 15 is 0 Å². The van der Waals surface area contributed by atoms with E-state index in [4.69, 9.17) is 11.6 Å². The van der Waals surface area contributed by atoms with Gasteiger partial charge in [0.2, 0.25) is 0 Å². The lowest BCUT2D eigenvalue weighted by molar-refractivity contribution is 0.346. The Labute approximate surface area is 116 Å². The molecule has 0 bridgehead atoms. The highest BCUT2D eigenvalue weighted by atomic mass is 35.5. The Kier molecular flexibility index (Phi) is 5.08. The average molecular weight is 266 g/mol. The molecule has 0 heterocycles. The van der Waals surface area contributed by atoms with Gasteiger partial charge >= 0.3 is 0 Å². The summed E-state index contributed by atoms with van der Waals surface area (Å²) < 4.78 is 0. The highest BCUT2D eigenvalue weighted by Crippen LogP contribution is 2.27. The van der Waals surface area contributed by atoms with E-state index < -0.39 is 0 Å². The molecule has 0 spiro atoms. The van der Waals surface area contributed by atoms with Crippen LogP contribution in [0.3, 0.4) is 0 Å². The van der Waals surface area contributed by atoms with E-state index in [0.29, 0.717) is 5.38 Å². The first-order valence-electron chi connectivity index (χ1n) is 7.06. The number of alkyl halides is 1. The van der Waals surface area contributed by atoms with Crippen molar-refractivity contribution in [2.45, 2.75) is 51.5 Å². The molecule has 1 nitrogen and oxygen atoms in total. The largest absolute Gasteiger partial charge is 0.312 e. The van der Waals surface area contributed by atoms with Crippen LogP contribution < -0.4 is 5.32 Å². The fourth-order valence-corrected chi connectivity index (χ4v) is 3.15. The van der Waals surface area contributed by atoms with Crippen molar-refractivity contribution < 1.29 is 0 Å². The number of halogens is 1. The smallest absolute Gasteiger partial charge is 0.0339 e. The molecule has 1 aliphatic carbocycles. The maximum atomic E-state index is 6.22. The third-order valence-electron chi connectivity index (χ3n) is 4.05. The van der Waals surface area contributed by atoms with Crippen LogP contribution >= 0.6 is 11.6 Å². The van der Waals surface area contributed by atoms with Crippen LogP contribution in [0, 0.1) is 19.8 Å². The van der Waals surface area contributed by atoms with Gasteiger partial charge in [-0.1, -0.05) is 24.6 Å². The molecule has 2 atom stereocenters. The van der Waals surface area contributed by atoms with Crippen LogP contribution in [0.4, 0.5) is 0 Å². The molecule has 1 aromatic carbocycles. The van der Waals surface area contributed by atoms with Gasteiger partial charge in [-0.05, 0) is 62.3 Å². The van der Waals surface area contributed by atoms with Gasteiger partial charge in [-0.15, -0.1) is 11.6 Å². The second-order valence-corrected chi connectivity index (χ2v) is 6.30. The number of benzene rings is 1. The summed E-state index contributed by atoms with van der Waals surface area (Å²) in [4.78, 5) is 0. The molecule has 1 aliphatic rings. The number of hydrogen-bond donors (Lipinski definition) is 1. The van der Waals surface area contributed by atoms with Gasteiger partial charge in [0.15, 0.2) is 0 Å². The van der Waals surface area contributed by atoms with E-state index in [2.05, 4.69) is 37.4 Å². The summed E-state index contributed by atoms with van der Waals surface area (Å²) in [6.45, 7) is 6.42. The Morgan fingerprint density at radius 3 is 2.78 bits per heavy atom. The van der Waals surface area contributed by atoms with Crippen molar-refractivity contribution in [2.75, 3.05) is 6.54 Å². The molecule has 0 aromatic heterocycles. The van der Waals surface area contributed by atoms with Gasteiger partial charge in [0, 0.05) is 11.9 Å². The minimum atomic E-state index is 0.409. The molecule has 100 valence electrons. The zero-order valence-electron chi connectivity index (χ0n) is 11.5. The Hall–Kier alpha value is -0.530. The highest BCUT2D eigenvalue weighted by molar-refractivity contribution is 6.20. The lowest BCUT2D eigenvalue weighted by atomic mass is 9.89. The highest BCUT2D eigenvalue weighted by Gasteiger charge is 2.19. The SMILES string of the molecule is Cc1ccc(CNCC2CCCC(Cl)C2)cc1C. The van der Waals surface area contributed by atoms with Crippen molar-refractivity contribution in [1.29, 1.82) is 0 Å². The summed E-state index contributed by atoms with van der Waals surface area (Å²) >= 11 is 6.22. The topological polar surface area (TPSA) is 12.0 Å². The summed E-state index contributed by atoms with van der Waals surface area (Å²) in [6, 6.07) is 6.72. The fraction of sp³-hybridized carbons (Fsp3) is 0.625. The minimum absolute atomic E-state index is 0.409. The van der Waals surface area contributed by atoms with Crippen molar-refractivity contribution in [1.82, 2.24) is 5.32 Å². The zero-order chi connectivity index (χ0) is 13.0. The number of hydrogen-bond acceptors (Lipinski definition) is 1. The molecule has 2 heteroatoms. The predicted octanol–water partition coefficient (Wildman–Crippen LogP) is 4.19. The van der Waals surface area contributed by atoms with Crippen LogP contribution in [-0.2, 0) is 6.54 Å². The summed E-state index contributed by atoms with van der Waals surface area (Å²) in [7, 11) is 0. The standard InChI is InChI=1S/C16H24ClN/c1-12-6-7-15(8-13(12)2)11-18-10-14-4-3-5-16(17)9-14/h6-8,14,16,18H,3-5,9-11H2,1-2H3. The van der Waals surface area contributed by atoms with Gasteiger partial charge in [0.05, 0.1) is 0 Å². The van der Waals surface area contributed by atoms with Gasteiger partial charge < -0.3 is 5.32 Å². The summed E-state index contributed by atoms with van der Waals surface area (Å²) in [6.07, 6.45) is 5.02. The minimum Gasteiger partial charge on any atom is -0.312 e. The van der Waals surface area contributed by atoms with Crippen molar-refractivity contribution in [3.05, 3.63) is 34.9 Å². The van der Waals surface area contributed by atoms with Crippen molar-refractivity contribution in [3.8, 4) is 0 Å². The zero-order valence-corrected chi connectivity index (χ0v) is 12.3. The van der Waals surface area contributed by atoms with Crippen molar-refractivity contribution in [2.24, 2.45) is 5.92 Å². The summed E-state index contributed by atoms with van der Waals surface area (Å²) in [5, 5.41) is 3.99. The fourth-order valence-electron chi connectivity index (χ4n) is 2.74. The lowest BCUT2D eigenvalue weighted by Crippen LogP contribution is -2.27. The van der Waals surface area contributed by atoms with E-state index in [1.807, 2.05) is 0 Å². The molecule has 1 fully saturated rings. The molecule has 2 rings (SSSR count). The Balaban J connectivity index is 1.76. The van der Waals surface area contributed by atoms with Crippen LogP contribution in [0.15, 0.2) is 18.2 Å². The van der Waals surface area contributed by atoms with E-state index in [1.54, 1.807) is 0 Å². The number of nitrogens with one attached hydrogen (secondary N) is 1. The van der Waals surface area contributed by atoms with Crippen LogP contribution in [-0.4, -0.2) is 11.9 Å². The third kappa shape index (κ3) is 4.00. The van der Waals surface area contributed by atoms with Crippen LogP contribution in [0.25, 0.3) is 0 Å². The average Bonchev–Trinajstić information content (AvgIpc) is 2.34. The molecule has 0 radical (unpaired) electrons. The lowest BCUT2D eigenvalue weighted by Gasteiger charge is -2.25. The Morgan fingerprint density at radius 2 is 2.06 bits per heavy atom. The third-order valence-corrected chi connectivity index (χ3v) is 4.45.